The Morgan fingerprint density at radius 3 is 2.00 bits per heavy atom. The highest BCUT2D eigenvalue weighted by Crippen LogP contribution is 2.18. The van der Waals surface area contributed by atoms with Gasteiger partial charge in [0.1, 0.15) is 5.60 Å². The molecule has 0 atom stereocenters. The average molecular weight is 302 g/mol. The van der Waals surface area contributed by atoms with Crippen LogP contribution >= 0.6 is 0 Å². The summed E-state index contributed by atoms with van der Waals surface area (Å²) in [6.45, 7) is 17.0. The van der Waals surface area contributed by atoms with Crippen LogP contribution in [0.25, 0.3) is 0 Å². The van der Waals surface area contributed by atoms with Crippen molar-refractivity contribution in [3.8, 4) is 0 Å². The van der Waals surface area contributed by atoms with Crippen LogP contribution in [0.1, 0.15) is 61.8 Å². The second-order valence-corrected chi connectivity index (χ2v) is 8.09. The first kappa shape index (κ1) is 20.2. The zero-order valence-corrected chi connectivity index (χ0v) is 15.0. The van der Waals surface area contributed by atoms with Crippen LogP contribution in [0.4, 0.5) is 4.79 Å². The number of rotatable bonds is 6. The van der Waals surface area contributed by atoms with Crippen molar-refractivity contribution in [2.24, 2.45) is 0 Å². The van der Waals surface area contributed by atoms with Crippen LogP contribution in [-0.2, 0) is 4.74 Å². The number of nitrogens with one attached hydrogen (secondary N) is 1. The van der Waals surface area contributed by atoms with Crippen molar-refractivity contribution < 1.29 is 14.6 Å². The number of ether oxygens (including phenoxy) is 1. The maximum Gasteiger partial charge on any atom is 0.410 e. The van der Waals surface area contributed by atoms with E-state index in [1.165, 1.54) is 0 Å². The predicted molar refractivity (Wildman–Crippen MR) is 86.5 cm³/mol. The molecule has 0 radical (unpaired) electrons. The van der Waals surface area contributed by atoms with Crippen molar-refractivity contribution in [1.29, 1.82) is 0 Å². The van der Waals surface area contributed by atoms with Gasteiger partial charge >= 0.3 is 6.09 Å². The minimum atomic E-state index is -0.496. The van der Waals surface area contributed by atoms with Crippen LogP contribution in [0.2, 0.25) is 0 Å². The zero-order chi connectivity index (χ0) is 16.9. The smallest absolute Gasteiger partial charge is 0.410 e. The molecule has 5 heteroatoms. The number of aliphatic hydroxyl groups excluding tert-OH is 1. The molecule has 126 valence electrons. The molecule has 5 nitrogen and oxygen atoms in total. The number of nitrogens with zero attached hydrogens (tertiary/aromatic N) is 1. The molecule has 0 aliphatic rings. The quantitative estimate of drug-likeness (QED) is 0.792. The van der Waals surface area contributed by atoms with Crippen LogP contribution in [0, 0.1) is 0 Å². The molecule has 1 amide bonds. The van der Waals surface area contributed by atoms with Gasteiger partial charge in [0.05, 0.1) is 0 Å². The van der Waals surface area contributed by atoms with Crippen molar-refractivity contribution in [3.63, 3.8) is 0 Å². The summed E-state index contributed by atoms with van der Waals surface area (Å²) in [6.07, 6.45) is 0.381. The van der Waals surface area contributed by atoms with Crippen LogP contribution in [0.15, 0.2) is 0 Å². The van der Waals surface area contributed by atoms with E-state index < -0.39 is 5.60 Å². The second-order valence-electron chi connectivity index (χ2n) is 8.09. The fraction of sp³-hybridized carbons (Fsp3) is 0.938. The van der Waals surface area contributed by atoms with Gasteiger partial charge in [-0.15, -0.1) is 0 Å². The highest BCUT2D eigenvalue weighted by molar-refractivity contribution is 5.69. The first-order valence-electron chi connectivity index (χ1n) is 7.65. The van der Waals surface area contributed by atoms with Crippen LogP contribution in [-0.4, -0.2) is 52.5 Å². The van der Waals surface area contributed by atoms with E-state index in [4.69, 9.17) is 9.84 Å². The summed E-state index contributed by atoms with van der Waals surface area (Å²) < 4.78 is 5.48. The molecule has 0 aromatic carbocycles. The van der Waals surface area contributed by atoms with E-state index >= 15 is 0 Å². The zero-order valence-electron chi connectivity index (χ0n) is 15.0. The van der Waals surface area contributed by atoms with Gasteiger partial charge in [0.25, 0.3) is 0 Å². The largest absolute Gasteiger partial charge is 0.444 e. The number of hydrogen-bond donors (Lipinski definition) is 2. The van der Waals surface area contributed by atoms with E-state index in [2.05, 4.69) is 5.32 Å². The van der Waals surface area contributed by atoms with Gasteiger partial charge in [-0.25, -0.2) is 4.79 Å². The first-order chi connectivity index (χ1) is 9.28. The maximum absolute atomic E-state index is 12.3. The van der Waals surface area contributed by atoms with Gasteiger partial charge < -0.3 is 20.1 Å². The summed E-state index contributed by atoms with van der Waals surface area (Å²) in [4.78, 5) is 14.1. The maximum atomic E-state index is 12.3. The van der Waals surface area contributed by atoms with Gasteiger partial charge in [-0.05, 0) is 61.8 Å². The molecule has 0 rings (SSSR count). The number of hydrogen-bond acceptors (Lipinski definition) is 4. The monoisotopic (exact) mass is 302 g/mol. The summed E-state index contributed by atoms with van der Waals surface area (Å²) in [5.41, 5.74) is -0.943. The molecule has 2 N–H and O–H groups in total. The van der Waals surface area contributed by atoms with Crippen molar-refractivity contribution in [2.75, 3.05) is 19.7 Å². The molecule has 0 saturated carbocycles. The lowest BCUT2D eigenvalue weighted by Crippen LogP contribution is -2.52. The summed E-state index contributed by atoms with van der Waals surface area (Å²) in [5, 5.41) is 12.4. The minimum absolute atomic E-state index is 0.147. The van der Waals surface area contributed by atoms with Gasteiger partial charge in [-0.3, -0.25) is 0 Å². The van der Waals surface area contributed by atoms with Gasteiger partial charge in [-0.1, -0.05) is 0 Å². The third-order valence-electron chi connectivity index (χ3n) is 3.10. The Labute approximate surface area is 130 Å². The van der Waals surface area contributed by atoms with E-state index in [9.17, 15) is 4.79 Å². The summed E-state index contributed by atoms with van der Waals surface area (Å²) in [6, 6.07) is 0. The third-order valence-corrected chi connectivity index (χ3v) is 3.10. The fourth-order valence-corrected chi connectivity index (χ4v) is 1.89. The Morgan fingerprint density at radius 2 is 1.62 bits per heavy atom. The Bertz CT molecular complexity index is 327. The highest BCUT2D eigenvalue weighted by atomic mass is 16.6. The van der Waals surface area contributed by atoms with Gasteiger partial charge in [0.15, 0.2) is 0 Å². The standard InChI is InChI=1S/C16H34N2O3/c1-14(2,3)18(13(20)21-15(4,5)6)11-10-17-16(7,8)9-12-19/h17,19H,9-12H2,1-8H3. The van der Waals surface area contributed by atoms with Crippen molar-refractivity contribution >= 4 is 6.09 Å². The molecular weight excluding hydrogens is 268 g/mol. The summed E-state index contributed by atoms with van der Waals surface area (Å²) >= 11 is 0. The second kappa shape index (κ2) is 7.45. The predicted octanol–water partition coefficient (Wildman–Crippen LogP) is 2.77. The number of carbonyl (C=O) groups is 1. The molecule has 0 saturated heterocycles. The normalized spacial score (nSPS) is 13.2. The van der Waals surface area contributed by atoms with E-state index in [-0.39, 0.29) is 23.8 Å². The molecule has 0 aliphatic heterocycles. The van der Waals surface area contributed by atoms with E-state index in [0.29, 0.717) is 19.5 Å². The Kier molecular flexibility index (Phi) is 7.16. The number of carbonyl (C=O) groups excluding carboxylic acids is 1. The van der Waals surface area contributed by atoms with Crippen LogP contribution in [0.3, 0.4) is 0 Å². The number of amides is 1. The molecule has 0 aromatic heterocycles. The molecule has 0 heterocycles. The Balaban J connectivity index is 4.64. The van der Waals surface area contributed by atoms with Crippen molar-refractivity contribution in [3.05, 3.63) is 0 Å². The van der Waals surface area contributed by atoms with Crippen molar-refractivity contribution in [2.45, 2.75) is 78.5 Å². The molecule has 0 unspecified atom stereocenters. The molecule has 0 bridgehead atoms. The average Bonchev–Trinajstić information content (AvgIpc) is 2.19. The minimum Gasteiger partial charge on any atom is -0.444 e. The lowest BCUT2D eigenvalue weighted by Gasteiger charge is -2.37. The molecule has 0 spiro atoms. The Morgan fingerprint density at radius 1 is 1.10 bits per heavy atom. The Hall–Kier alpha value is -0.810. The van der Waals surface area contributed by atoms with Gasteiger partial charge in [0.2, 0.25) is 0 Å². The summed E-state index contributed by atoms with van der Waals surface area (Å²) in [7, 11) is 0. The fourth-order valence-electron chi connectivity index (χ4n) is 1.89. The van der Waals surface area contributed by atoms with Crippen molar-refractivity contribution in [1.82, 2.24) is 10.2 Å². The van der Waals surface area contributed by atoms with E-state index in [1.54, 1.807) is 4.90 Å². The third kappa shape index (κ3) is 8.94. The van der Waals surface area contributed by atoms with Crippen LogP contribution < -0.4 is 5.32 Å². The van der Waals surface area contributed by atoms with E-state index in [0.717, 1.165) is 0 Å². The highest BCUT2D eigenvalue weighted by Gasteiger charge is 2.30. The lowest BCUT2D eigenvalue weighted by molar-refractivity contribution is 0.00605. The SMILES string of the molecule is CC(C)(CCO)NCCN(C(=O)OC(C)(C)C)C(C)(C)C. The van der Waals surface area contributed by atoms with Gasteiger partial charge in [-0.2, -0.15) is 0 Å². The van der Waals surface area contributed by atoms with Gasteiger partial charge in [0, 0.05) is 30.8 Å². The molecule has 0 fully saturated rings. The topological polar surface area (TPSA) is 61.8 Å². The van der Waals surface area contributed by atoms with E-state index in [1.807, 2.05) is 55.4 Å². The molecule has 0 aliphatic carbocycles. The summed E-state index contributed by atoms with van der Waals surface area (Å²) in [5.74, 6) is 0. The molecule has 0 aromatic rings. The molecule has 21 heavy (non-hydrogen) atoms. The molecular formula is C16H34N2O3. The van der Waals surface area contributed by atoms with Crippen LogP contribution in [0.5, 0.6) is 0 Å². The lowest BCUT2D eigenvalue weighted by atomic mass is 10.0. The number of aliphatic hydroxyl groups is 1. The first-order valence-corrected chi connectivity index (χ1v) is 7.65.